The molecule has 0 fully saturated rings. The molecule has 0 atom stereocenters. The standard InChI is InChI=1S/C9H9BrN2O3S/c10-8-5-7(6-11)1-2-9(8)12-16(14,15)4-3-13/h1-2,5,12-13H,3-4H2. The Bertz CT molecular complexity index is 522. The van der Waals surface area contributed by atoms with E-state index in [4.69, 9.17) is 10.4 Å². The first-order chi connectivity index (χ1) is 7.48. The van der Waals surface area contributed by atoms with Gasteiger partial charge in [0.15, 0.2) is 0 Å². The average molecular weight is 305 g/mol. The number of nitriles is 1. The number of hydrogen-bond donors (Lipinski definition) is 2. The normalized spacial score (nSPS) is 10.8. The van der Waals surface area contributed by atoms with E-state index in [1.165, 1.54) is 18.2 Å². The smallest absolute Gasteiger partial charge is 0.235 e. The maximum absolute atomic E-state index is 11.3. The van der Waals surface area contributed by atoms with Crippen LogP contribution in [-0.2, 0) is 10.0 Å². The zero-order valence-electron chi connectivity index (χ0n) is 8.14. The fourth-order valence-electron chi connectivity index (χ4n) is 1.01. The lowest BCUT2D eigenvalue weighted by Gasteiger charge is -2.08. The Hall–Kier alpha value is -1.10. The van der Waals surface area contributed by atoms with Crippen LogP contribution in [0, 0.1) is 11.3 Å². The van der Waals surface area contributed by atoms with Crippen molar-refractivity contribution in [1.29, 1.82) is 5.26 Å². The summed E-state index contributed by atoms with van der Waals surface area (Å²) in [6, 6.07) is 6.43. The van der Waals surface area contributed by atoms with Crippen molar-refractivity contribution >= 4 is 31.6 Å². The number of nitrogens with one attached hydrogen (secondary N) is 1. The van der Waals surface area contributed by atoms with Crippen LogP contribution in [0.15, 0.2) is 22.7 Å². The van der Waals surface area contributed by atoms with Crippen molar-refractivity contribution in [2.45, 2.75) is 0 Å². The molecular formula is C9H9BrN2O3S. The first kappa shape index (κ1) is 13.0. The largest absolute Gasteiger partial charge is 0.395 e. The molecule has 0 heterocycles. The molecule has 0 amide bonds. The van der Waals surface area contributed by atoms with E-state index in [1.807, 2.05) is 6.07 Å². The van der Waals surface area contributed by atoms with Gasteiger partial charge in [-0.1, -0.05) is 0 Å². The van der Waals surface area contributed by atoms with Gasteiger partial charge in [-0.2, -0.15) is 5.26 Å². The third-order valence-electron chi connectivity index (χ3n) is 1.72. The Balaban J connectivity index is 2.96. The molecule has 0 aliphatic heterocycles. The number of aliphatic hydroxyl groups is 1. The van der Waals surface area contributed by atoms with Crippen molar-refractivity contribution < 1.29 is 13.5 Å². The van der Waals surface area contributed by atoms with Crippen molar-refractivity contribution in [3.05, 3.63) is 28.2 Å². The first-order valence-electron chi connectivity index (χ1n) is 4.29. The highest BCUT2D eigenvalue weighted by Crippen LogP contribution is 2.24. The number of sulfonamides is 1. The maximum atomic E-state index is 11.3. The van der Waals surface area contributed by atoms with Crippen molar-refractivity contribution in [1.82, 2.24) is 0 Å². The zero-order chi connectivity index (χ0) is 12.2. The molecule has 16 heavy (non-hydrogen) atoms. The second-order valence-electron chi connectivity index (χ2n) is 2.95. The van der Waals surface area contributed by atoms with Gasteiger partial charge in [0, 0.05) is 4.47 Å². The van der Waals surface area contributed by atoms with E-state index < -0.39 is 16.6 Å². The van der Waals surface area contributed by atoms with Crippen LogP contribution < -0.4 is 4.72 Å². The first-order valence-corrected chi connectivity index (χ1v) is 6.74. The highest BCUT2D eigenvalue weighted by atomic mass is 79.9. The molecule has 0 aliphatic carbocycles. The quantitative estimate of drug-likeness (QED) is 0.870. The van der Waals surface area contributed by atoms with Gasteiger partial charge in [0.05, 0.1) is 29.7 Å². The lowest BCUT2D eigenvalue weighted by atomic mass is 10.2. The molecular weight excluding hydrogens is 296 g/mol. The van der Waals surface area contributed by atoms with E-state index in [9.17, 15) is 8.42 Å². The maximum Gasteiger partial charge on any atom is 0.235 e. The van der Waals surface area contributed by atoms with Gasteiger partial charge in [-0.05, 0) is 34.1 Å². The van der Waals surface area contributed by atoms with Crippen LogP contribution in [-0.4, -0.2) is 25.9 Å². The van der Waals surface area contributed by atoms with Crippen LogP contribution in [0.2, 0.25) is 0 Å². The molecule has 0 radical (unpaired) electrons. The van der Waals surface area contributed by atoms with E-state index >= 15 is 0 Å². The third-order valence-corrected chi connectivity index (χ3v) is 3.63. The van der Waals surface area contributed by atoms with E-state index in [0.717, 1.165) is 0 Å². The van der Waals surface area contributed by atoms with Crippen molar-refractivity contribution in [2.24, 2.45) is 0 Å². The summed E-state index contributed by atoms with van der Waals surface area (Å²) in [7, 11) is -3.54. The van der Waals surface area contributed by atoms with E-state index in [0.29, 0.717) is 15.7 Å². The molecule has 2 N–H and O–H groups in total. The molecule has 1 rings (SSSR count). The third kappa shape index (κ3) is 3.48. The minimum absolute atomic E-state index is 0.340. The van der Waals surface area contributed by atoms with Gasteiger partial charge >= 0.3 is 0 Å². The summed E-state index contributed by atoms with van der Waals surface area (Å²) in [5, 5.41) is 17.2. The number of nitrogens with zero attached hydrogens (tertiary/aromatic N) is 1. The Morgan fingerprint density at radius 1 is 1.50 bits per heavy atom. The molecule has 0 spiro atoms. The molecule has 0 saturated heterocycles. The highest BCUT2D eigenvalue weighted by molar-refractivity contribution is 9.10. The van der Waals surface area contributed by atoms with Crippen LogP contribution in [0.1, 0.15) is 5.56 Å². The number of benzene rings is 1. The monoisotopic (exact) mass is 304 g/mol. The summed E-state index contributed by atoms with van der Waals surface area (Å²) in [5.41, 5.74) is 0.768. The molecule has 5 nitrogen and oxygen atoms in total. The number of aliphatic hydroxyl groups excluding tert-OH is 1. The Morgan fingerprint density at radius 3 is 2.69 bits per heavy atom. The summed E-state index contributed by atoms with van der Waals surface area (Å²) in [4.78, 5) is 0. The number of hydrogen-bond acceptors (Lipinski definition) is 4. The summed E-state index contributed by atoms with van der Waals surface area (Å²) in [6.45, 7) is -0.441. The molecule has 1 aromatic rings. The lowest BCUT2D eigenvalue weighted by Crippen LogP contribution is -2.19. The summed E-state index contributed by atoms with van der Waals surface area (Å²) in [6.07, 6.45) is 0. The second kappa shape index (κ2) is 5.30. The van der Waals surface area contributed by atoms with Gasteiger partial charge < -0.3 is 5.11 Å². The summed E-state index contributed by atoms with van der Waals surface area (Å²) in [5.74, 6) is -0.362. The fraction of sp³-hybridized carbons (Fsp3) is 0.222. The predicted molar refractivity (Wildman–Crippen MR) is 63.4 cm³/mol. The topological polar surface area (TPSA) is 90.2 Å². The lowest BCUT2D eigenvalue weighted by molar-refractivity contribution is 0.320. The molecule has 7 heteroatoms. The van der Waals surface area contributed by atoms with Crippen LogP contribution in [0.5, 0.6) is 0 Å². The van der Waals surface area contributed by atoms with Gasteiger partial charge in [0.2, 0.25) is 10.0 Å². The minimum atomic E-state index is -3.54. The Kier molecular flexibility index (Phi) is 4.29. The van der Waals surface area contributed by atoms with Crippen LogP contribution in [0.4, 0.5) is 5.69 Å². The molecule has 1 aromatic carbocycles. The number of rotatable bonds is 4. The number of anilines is 1. The van der Waals surface area contributed by atoms with Crippen LogP contribution >= 0.6 is 15.9 Å². The summed E-state index contributed by atoms with van der Waals surface area (Å²) >= 11 is 3.15. The van der Waals surface area contributed by atoms with Gasteiger partial charge in [-0.25, -0.2) is 8.42 Å². The molecule has 0 aliphatic rings. The Morgan fingerprint density at radius 2 is 2.19 bits per heavy atom. The van der Waals surface area contributed by atoms with E-state index in [2.05, 4.69) is 20.7 Å². The van der Waals surface area contributed by atoms with Gasteiger partial charge in [-0.3, -0.25) is 4.72 Å². The van der Waals surface area contributed by atoms with Crippen LogP contribution in [0.3, 0.4) is 0 Å². The van der Waals surface area contributed by atoms with Gasteiger partial charge in [0.25, 0.3) is 0 Å². The Labute approximate surface area is 102 Å². The molecule has 0 bridgehead atoms. The van der Waals surface area contributed by atoms with Crippen molar-refractivity contribution in [2.75, 3.05) is 17.1 Å². The predicted octanol–water partition coefficient (Wildman–Crippen LogP) is 1.05. The fourth-order valence-corrected chi connectivity index (χ4v) is 2.47. The molecule has 0 aromatic heterocycles. The highest BCUT2D eigenvalue weighted by Gasteiger charge is 2.11. The zero-order valence-corrected chi connectivity index (χ0v) is 10.5. The van der Waals surface area contributed by atoms with E-state index in [1.54, 1.807) is 0 Å². The average Bonchev–Trinajstić information content (AvgIpc) is 2.20. The van der Waals surface area contributed by atoms with E-state index in [-0.39, 0.29) is 5.75 Å². The number of halogens is 1. The minimum Gasteiger partial charge on any atom is -0.395 e. The summed E-state index contributed by atoms with van der Waals surface area (Å²) < 4.78 is 25.5. The van der Waals surface area contributed by atoms with Gasteiger partial charge in [-0.15, -0.1) is 0 Å². The van der Waals surface area contributed by atoms with Gasteiger partial charge in [0.1, 0.15) is 0 Å². The van der Waals surface area contributed by atoms with Crippen LogP contribution in [0.25, 0.3) is 0 Å². The van der Waals surface area contributed by atoms with Crippen molar-refractivity contribution in [3.63, 3.8) is 0 Å². The molecule has 0 unspecified atom stereocenters. The SMILES string of the molecule is N#Cc1ccc(NS(=O)(=O)CCO)c(Br)c1. The second-order valence-corrected chi connectivity index (χ2v) is 5.65. The van der Waals surface area contributed by atoms with Crippen molar-refractivity contribution in [3.8, 4) is 6.07 Å². The molecule has 86 valence electrons. The molecule has 0 saturated carbocycles.